The molecule has 4 N–H and O–H groups in total. The number of aliphatic hydroxyl groups is 2. The van der Waals surface area contributed by atoms with E-state index in [2.05, 4.69) is 5.32 Å². The van der Waals surface area contributed by atoms with Gasteiger partial charge in [-0.05, 0) is 57.3 Å². The lowest BCUT2D eigenvalue weighted by atomic mass is 9.62. The van der Waals surface area contributed by atoms with Gasteiger partial charge in [0.1, 0.15) is 24.1 Å². The second-order valence-electron chi connectivity index (χ2n) is 7.45. The third-order valence-electron chi connectivity index (χ3n) is 5.65. The number of carbonyl (C=O) groups excluding carboxylic acids is 3. The lowest BCUT2D eigenvalue weighted by Gasteiger charge is -2.41. The SMILES string of the molecule is C=O.CC1=C(O)C2C(=O)C3=C(O)c4c(O)cccc4CC3CC2CC1=O.CNC. The molecule has 156 valence electrons. The molecule has 0 aromatic heterocycles. The van der Waals surface area contributed by atoms with Crippen LogP contribution in [0.25, 0.3) is 5.76 Å². The number of ketones is 2. The highest BCUT2D eigenvalue weighted by Crippen LogP contribution is 2.49. The van der Waals surface area contributed by atoms with Crippen molar-refractivity contribution in [1.82, 2.24) is 5.32 Å². The highest BCUT2D eigenvalue weighted by atomic mass is 16.3. The van der Waals surface area contributed by atoms with Crippen LogP contribution >= 0.6 is 0 Å². The second kappa shape index (κ2) is 9.05. The van der Waals surface area contributed by atoms with E-state index in [-0.39, 0.29) is 58.2 Å². The summed E-state index contributed by atoms with van der Waals surface area (Å²) in [5, 5.41) is 33.8. The molecule has 29 heavy (non-hydrogen) atoms. The van der Waals surface area contributed by atoms with Gasteiger partial charge < -0.3 is 25.4 Å². The first kappa shape index (κ1) is 22.4. The highest BCUT2D eigenvalue weighted by Gasteiger charge is 2.49. The molecular formula is C22H27NO6. The van der Waals surface area contributed by atoms with E-state index < -0.39 is 5.92 Å². The van der Waals surface area contributed by atoms with E-state index in [1.54, 1.807) is 6.07 Å². The number of phenols is 1. The normalized spacial score (nSPS) is 25.0. The van der Waals surface area contributed by atoms with Gasteiger partial charge in [-0.2, -0.15) is 0 Å². The Morgan fingerprint density at radius 1 is 1.07 bits per heavy atom. The van der Waals surface area contributed by atoms with Crippen molar-refractivity contribution in [3.63, 3.8) is 0 Å². The number of benzene rings is 1. The predicted octanol–water partition coefficient (Wildman–Crippen LogP) is 2.49. The molecule has 0 bridgehead atoms. The first-order valence-electron chi connectivity index (χ1n) is 9.40. The molecule has 3 aliphatic carbocycles. The number of aliphatic hydroxyl groups excluding tert-OH is 2. The molecule has 0 aliphatic heterocycles. The molecule has 7 heteroatoms. The minimum absolute atomic E-state index is 0.0550. The number of hydrogen-bond acceptors (Lipinski definition) is 7. The Balaban J connectivity index is 0.000000551. The predicted molar refractivity (Wildman–Crippen MR) is 109 cm³/mol. The lowest BCUT2D eigenvalue weighted by molar-refractivity contribution is -0.126. The largest absolute Gasteiger partial charge is 0.511 e. The molecule has 0 radical (unpaired) electrons. The third kappa shape index (κ3) is 3.82. The van der Waals surface area contributed by atoms with E-state index in [1.165, 1.54) is 13.0 Å². The number of carbonyl (C=O) groups is 3. The van der Waals surface area contributed by atoms with E-state index in [0.717, 1.165) is 5.56 Å². The van der Waals surface area contributed by atoms with Crippen LogP contribution in [0.5, 0.6) is 5.75 Å². The van der Waals surface area contributed by atoms with Crippen molar-refractivity contribution in [1.29, 1.82) is 0 Å². The van der Waals surface area contributed by atoms with Crippen molar-refractivity contribution >= 4 is 24.1 Å². The van der Waals surface area contributed by atoms with Crippen molar-refractivity contribution in [2.24, 2.45) is 17.8 Å². The monoisotopic (exact) mass is 401 g/mol. The van der Waals surface area contributed by atoms with E-state index in [4.69, 9.17) is 4.79 Å². The number of phenolic OH excluding ortho intramolecular Hbond substituents is 1. The minimum Gasteiger partial charge on any atom is -0.511 e. The fourth-order valence-electron chi connectivity index (χ4n) is 4.44. The van der Waals surface area contributed by atoms with E-state index in [9.17, 15) is 24.9 Å². The van der Waals surface area contributed by atoms with Crippen LogP contribution in [0.1, 0.15) is 30.9 Å². The number of allylic oxidation sites excluding steroid dienone is 3. The van der Waals surface area contributed by atoms with Crippen molar-refractivity contribution in [2.75, 3.05) is 14.1 Å². The molecule has 4 rings (SSSR count). The van der Waals surface area contributed by atoms with Crippen LogP contribution < -0.4 is 5.32 Å². The summed E-state index contributed by atoms with van der Waals surface area (Å²) in [4.78, 5) is 33.0. The average molecular weight is 401 g/mol. The van der Waals surface area contributed by atoms with Crippen LogP contribution in [0.3, 0.4) is 0 Å². The Bertz CT molecular complexity index is 885. The number of nitrogens with one attached hydrogen (secondary N) is 1. The zero-order valence-electron chi connectivity index (χ0n) is 16.9. The van der Waals surface area contributed by atoms with Crippen molar-refractivity contribution in [2.45, 2.75) is 26.2 Å². The summed E-state index contributed by atoms with van der Waals surface area (Å²) in [6.07, 6.45) is 1.35. The van der Waals surface area contributed by atoms with Crippen LogP contribution in [0.15, 0.2) is 35.1 Å². The summed E-state index contributed by atoms with van der Waals surface area (Å²) < 4.78 is 0. The summed E-state index contributed by atoms with van der Waals surface area (Å²) in [7, 11) is 3.75. The molecule has 0 spiro atoms. The van der Waals surface area contributed by atoms with Gasteiger partial charge in [-0.25, -0.2) is 0 Å². The average Bonchev–Trinajstić information content (AvgIpc) is 2.68. The van der Waals surface area contributed by atoms with E-state index in [1.807, 2.05) is 27.0 Å². The Hall–Kier alpha value is -2.93. The first-order chi connectivity index (χ1) is 13.8. The summed E-state index contributed by atoms with van der Waals surface area (Å²) >= 11 is 0. The Morgan fingerprint density at radius 2 is 1.69 bits per heavy atom. The standard InChI is InChI=1S/C19H18O5.C2H7N.CH2O/c1-8-13(21)7-11-6-10-5-9-3-2-4-12(20)14(9)18(23)16(10)19(24)15(11)17(8)22;1-3-2;1-2/h2-4,10-11,15,20,22-23H,5-7H2,1H3;3H,1-2H3;1H2. The Labute approximate surface area is 169 Å². The van der Waals surface area contributed by atoms with Crippen molar-refractivity contribution in [3.05, 3.63) is 46.2 Å². The molecule has 1 aromatic carbocycles. The van der Waals surface area contributed by atoms with Gasteiger partial charge in [-0.1, -0.05) is 12.1 Å². The van der Waals surface area contributed by atoms with E-state index in [0.29, 0.717) is 18.4 Å². The van der Waals surface area contributed by atoms with Gasteiger partial charge in [0, 0.05) is 17.6 Å². The fourth-order valence-corrected chi connectivity index (χ4v) is 4.44. The van der Waals surface area contributed by atoms with Crippen molar-refractivity contribution < 1.29 is 29.7 Å². The van der Waals surface area contributed by atoms with Gasteiger partial charge in [-0.15, -0.1) is 0 Å². The van der Waals surface area contributed by atoms with Crippen LogP contribution in [-0.2, 0) is 20.8 Å². The number of hydrogen-bond donors (Lipinski definition) is 4. The topological polar surface area (TPSA) is 124 Å². The maximum atomic E-state index is 13.0. The van der Waals surface area contributed by atoms with Crippen LogP contribution in [0.2, 0.25) is 0 Å². The summed E-state index contributed by atoms with van der Waals surface area (Å²) in [6.45, 7) is 3.53. The highest BCUT2D eigenvalue weighted by molar-refractivity contribution is 6.09. The van der Waals surface area contributed by atoms with Gasteiger partial charge in [0.15, 0.2) is 11.6 Å². The molecular weight excluding hydrogens is 374 g/mol. The van der Waals surface area contributed by atoms with Gasteiger partial charge >= 0.3 is 0 Å². The minimum atomic E-state index is -0.761. The molecule has 0 saturated heterocycles. The molecule has 1 saturated carbocycles. The molecule has 3 unspecified atom stereocenters. The van der Waals surface area contributed by atoms with Crippen LogP contribution in [-0.4, -0.2) is 47.8 Å². The molecule has 1 fully saturated rings. The van der Waals surface area contributed by atoms with Crippen molar-refractivity contribution in [3.8, 4) is 5.75 Å². The molecule has 3 atom stereocenters. The number of Topliss-reactive ketones (excluding diaryl/α,β-unsaturated/α-hetero) is 2. The zero-order chi connectivity index (χ0) is 21.9. The smallest absolute Gasteiger partial charge is 0.173 e. The van der Waals surface area contributed by atoms with E-state index >= 15 is 0 Å². The number of aromatic hydroxyl groups is 1. The first-order valence-corrected chi connectivity index (χ1v) is 9.40. The quantitative estimate of drug-likeness (QED) is 0.526. The van der Waals surface area contributed by atoms with Gasteiger partial charge in [0.25, 0.3) is 0 Å². The second-order valence-corrected chi connectivity index (χ2v) is 7.45. The summed E-state index contributed by atoms with van der Waals surface area (Å²) in [5.74, 6) is -2.03. The Morgan fingerprint density at radius 3 is 2.31 bits per heavy atom. The maximum absolute atomic E-state index is 13.0. The number of fused-ring (bicyclic) bond motifs is 3. The van der Waals surface area contributed by atoms with Gasteiger partial charge in [-0.3, -0.25) is 9.59 Å². The van der Waals surface area contributed by atoms with Gasteiger partial charge in [0.2, 0.25) is 0 Å². The molecule has 7 nitrogen and oxygen atoms in total. The summed E-state index contributed by atoms with van der Waals surface area (Å²) in [5.41, 5.74) is 1.62. The fraction of sp³-hybridized carbons (Fsp3) is 0.409. The third-order valence-corrected chi connectivity index (χ3v) is 5.65. The van der Waals surface area contributed by atoms with Crippen LogP contribution in [0, 0.1) is 17.8 Å². The van der Waals surface area contributed by atoms with Crippen LogP contribution in [0.4, 0.5) is 0 Å². The lowest BCUT2D eigenvalue weighted by Crippen LogP contribution is -2.42. The zero-order valence-corrected chi connectivity index (χ0v) is 16.9. The van der Waals surface area contributed by atoms with Gasteiger partial charge in [0.05, 0.1) is 11.5 Å². The molecule has 3 aliphatic rings. The molecule has 1 aromatic rings. The molecule has 0 amide bonds. The molecule has 0 heterocycles. The number of rotatable bonds is 0. The maximum Gasteiger partial charge on any atom is 0.173 e. The summed E-state index contributed by atoms with van der Waals surface area (Å²) in [6, 6.07) is 5.01. The Kier molecular flexibility index (Phi) is 6.97.